The molecule has 1 atom stereocenters. The molecule has 5 nitrogen and oxygen atoms in total. The van der Waals surface area contributed by atoms with Crippen molar-refractivity contribution in [3.8, 4) is 0 Å². The molecule has 0 bridgehead atoms. The number of H-pyrrole nitrogens is 1. The van der Waals surface area contributed by atoms with Gasteiger partial charge in [0.2, 0.25) is 5.91 Å². The topological polar surface area (TPSA) is 74.8 Å². The van der Waals surface area contributed by atoms with E-state index >= 15 is 0 Å². The smallest absolute Gasteiger partial charge is 0.259 e. The van der Waals surface area contributed by atoms with Gasteiger partial charge >= 0.3 is 0 Å². The molecule has 0 radical (unpaired) electrons. The first-order valence-corrected chi connectivity index (χ1v) is 9.18. The number of thiophene rings is 1. The number of rotatable bonds is 6. The van der Waals surface area contributed by atoms with Crippen molar-refractivity contribution in [2.75, 3.05) is 6.54 Å². The van der Waals surface area contributed by atoms with E-state index in [0.29, 0.717) is 23.5 Å². The van der Waals surface area contributed by atoms with Crippen molar-refractivity contribution in [1.29, 1.82) is 0 Å². The number of nitrogens with one attached hydrogen (secondary N) is 2. The Labute approximate surface area is 137 Å². The summed E-state index contributed by atoms with van der Waals surface area (Å²) in [4.78, 5) is 33.2. The SMILES string of the molecule is CCCNC(=O)C(C)SCc1nc2sc(C)c(C)c2c(=O)[nH]1. The number of carbonyl (C=O) groups is 1. The molecule has 2 N–H and O–H groups in total. The highest BCUT2D eigenvalue weighted by Gasteiger charge is 2.15. The lowest BCUT2D eigenvalue weighted by Gasteiger charge is -2.11. The van der Waals surface area contributed by atoms with E-state index in [4.69, 9.17) is 0 Å². The fourth-order valence-corrected chi connectivity index (χ4v) is 3.87. The molecule has 2 heterocycles. The lowest BCUT2D eigenvalue weighted by Crippen LogP contribution is -2.31. The van der Waals surface area contributed by atoms with Crippen molar-refractivity contribution in [3.05, 3.63) is 26.6 Å². The molecule has 2 rings (SSSR count). The molecule has 1 amide bonds. The van der Waals surface area contributed by atoms with E-state index in [1.165, 1.54) is 23.1 Å². The number of aromatic nitrogens is 2. The molecule has 1 unspecified atom stereocenters. The highest BCUT2D eigenvalue weighted by molar-refractivity contribution is 7.99. The van der Waals surface area contributed by atoms with Crippen LogP contribution >= 0.6 is 23.1 Å². The molecular weight excluding hydrogens is 318 g/mol. The van der Waals surface area contributed by atoms with Gasteiger partial charge in [-0.05, 0) is 32.8 Å². The zero-order valence-corrected chi connectivity index (χ0v) is 14.9. The van der Waals surface area contributed by atoms with Crippen LogP contribution in [0.5, 0.6) is 0 Å². The van der Waals surface area contributed by atoms with Gasteiger partial charge in [0, 0.05) is 11.4 Å². The van der Waals surface area contributed by atoms with Crippen LogP contribution in [0.2, 0.25) is 0 Å². The van der Waals surface area contributed by atoms with E-state index in [2.05, 4.69) is 15.3 Å². The van der Waals surface area contributed by atoms with Crippen LogP contribution in [0.15, 0.2) is 4.79 Å². The van der Waals surface area contributed by atoms with Gasteiger partial charge in [-0.25, -0.2) is 4.98 Å². The molecule has 0 aliphatic carbocycles. The lowest BCUT2D eigenvalue weighted by atomic mass is 10.2. The maximum absolute atomic E-state index is 12.2. The van der Waals surface area contributed by atoms with Crippen LogP contribution in [0.25, 0.3) is 10.2 Å². The molecule has 0 aliphatic heterocycles. The maximum atomic E-state index is 12.2. The van der Waals surface area contributed by atoms with Gasteiger partial charge in [0.25, 0.3) is 5.56 Å². The summed E-state index contributed by atoms with van der Waals surface area (Å²) in [5.74, 6) is 1.17. The third-order valence-corrected chi connectivity index (χ3v) is 5.73. The minimum atomic E-state index is -0.167. The zero-order chi connectivity index (χ0) is 16.3. The lowest BCUT2D eigenvalue weighted by molar-refractivity contribution is -0.120. The molecule has 0 aromatic carbocycles. The molecule has 0 spiro atoms. The van der Waals surface area contributed by atoms with E-state index in [9.17, 15) is 9.59 Å². The first kappa shape index (κ1) is 17.0. The molecule has 0 aliphatic rings. The summed E-state index contributed by atoms with van der Waals surface area (Å²) >= 11 is 3.02. The van der Waals surface area contributed by atoms with Crippen LogP contribution in [0.3, 0.4) is 0 Å². The number of carbonyl (C=O) groups excluding carboxylic acids is 1. The molecule has 7 heteroatoms. The number of hydrogen-bond acceptors (Lipinski definition) is 5. The van der Waals surface area contributed by atoms with Crippen LogP contribution in [-0.2, 0) is 10.5 Å². The number of amides is 1. The molecular formula is C15H21N3O2S2. The van der Waals surface area contributed by atoms with Gasteiger partial charge in [0.1, 0.15) is 10.7 Å². The van der Waals surface area contributed by atoms with Gasteiger partial charge in [0.15, 0.2) is 0 Å². The third kappa shape index (κ3) is 3.70. The summed E-state index contributed by atoms with van der Waals surface area (Å²) in [6.07, 6.45) is 0.922. The fourth-order valence-electron chi connectivity index (χ4n) is 2.04. The van der Waals surface area contributed by atoms with Crippen LogP contribution in [0.4, 0.5) is 0 Å². The van der Waals surface area contributed by atoms with Crippen LogP contribution in [-0.4, -0.2) is 27.7 Å². The number of aromatic amines is 1. The average molecular weight is 339 g/mol. The minimum Gasteiger partial charge on any atom is -0.355 e. The largest absolute Gasteiger partial charge is 0.355 e. The Morgan fingerprint density at radius 2 is 2.18 bits per heavy atom. The van der Waals surface area contributed by atoms with Gasteiger partial charge in [0.05, 0.1) is 16.4 Å². The Kier molecular flexibility index (Phi) is 5.63. The Balaban J connectivity index is 2.09. The number of nitrogens with zero attached hydrogens (tertiary/aromatic N) is 1. The van der Waals surface area contributed by atoms with Crippen LogP contribution < -0.4 is 10.9 Å². The molecule has 120 valence electrons. The van der Waals surface area contributed by atoms with Gasteiger partial charge in [-0.3, -0.25) is 9.59 Å². The number of aryl methyl sites for hydroxylation is 2. The number of hydrogen-bond donors (Lipinski definition) is 2. The Morgan fingerprint density at radius 1 is 1.45 bits per heavy atom. The van der Waals surface area contributed by atoms with E-state index in [1.807, 2.05) is 27.7 Å². The van der Waals surface area contributed by atoms with Gasteiger partial charge in [-0.15, -0.1) is 23.1 Å². The molecule has 22 heavy (non-hydrogen) atoms. The summed E-state index contributed by atoms with van der Waals surface area (Å²) in [6.45, 7) is 8.52. The Morgan fingerprint density at radius 3 is 2.86 bits per heavy atom. The van der Waals surface area contributed by atoms with E-state index in [1.54, 1.807) is 0 Å². The van der Waals surface area contributed by atoms with Gasteiger partial charge in [-0.2, -0.15) is 0 Å². The highest BCUT2D eigenvalue weighted by atomic mass is 32.2. The molecule has 0 fully saturated rings. The Bertz CT molecular complexity index is 736. The van der Waals surface area contributed by atoms with Gasteiger partial charge < -0.3 is 10.3 Å². The number of thioether (sulfide) groups is 1. The van der Waals surface area contributed by atoms with E-state index in [-0.39, 0.29) is 16.7 Å². The average Bonchev–Trinajstić information content (AvgIpc) is 2.77. The first-order valence-electron chi connectivity index (χ1n) is 7.32. The van der Waals surface area contributed by atoms with Crippen molar-refractivity contribution >= 4 is 39.2 Å². The summed E-state index contributed by atoms with van der Waals surface area (Å²) in [5.41, 5.74) is 0.908. The summed E-state index contributed by atoms with van der Waals surface area (Å²) in [5, 5.41) is 3.39. The summed E-state index contributed by atoms with van der Waals surface area (Å²) in [7, 11) is 0. The summed E-state index contributed by atoms with van der Waals surface area (Å²) < 4.78 is 0. The normalized spacial score (nSPS) is 12.5. The quantitative estimate of drug-likeness (QED) is 0.848. The third-order valence-electron chi connectivity index (χ3n) is 3.48. The predicted molar refractivity (Wildman–Crippen MR) is 93.8 cm³/mol. The molecule has 2 aromatic rings. The van der Waals surface area contributed by atoms with E-state index in [0.717, 1.165) is 21.7 Å². The first-order chi connectivity index (χ1) is 10.4. The zero-order valence-electron chi connectivity index (χ0n) is 13.3. The second kappa shape index (κ2) is 7.28. The van der Waals surface area contributed by atoms with Crippen LogP contribution in [0.1, 0.15) is 36.5 Å². The fraction of sp³-hybridized carbons (Fsp3) is 0.533. The highest BCUT2D eigenvalue weighted by Crippen LogP contribution is 2.26. The standard InChI is InChI=1S/C15H21N3O2S2/c1-5-6-16-13(19)10(4)21-7-11-17-14(20)12-8(2)9(3)22-15(12)18-11/h10H,5-7H2,1-4H3,(H,16,19)(H,17,18,20). The van der Waals surface area contributed by atoms with Crippen molar-refractivity contribution in [2.45, 2.75) is 45.1 Å². The monoisotopic (exact) mass is 339 g/mol. The van der Waals surface area contributed by atoms with Crippen molar-refractivity contribution in [2.24, 2.45) is 0 Å². The molecule has 2 aromatic heterocycles. The summed E-state index contributed by atoms with van der Waals surface area (Å²) in [6, 6.07) is 0. The Hall–Kier alpha value is -1.34. The second-order valence-corrected chi connectivity index (χ2v) is 7.75. The van der Waals surface area contributed by atoms with Crippen molar-refractivity contribution < 1.29 is 4.79 Å². The minimum absolute atomic E-state index is 0.0260. The van der Waals surface area contributed by atoms with Crippen LogP contribution in [0, 0.1) is 13.8 Å². The second-order valence-electron chi connectivity index (χ2n) is 5.22. The number of fused-ring (bicyclic) bond motifs is 1. The van der Waals surface area contributed by atoms with Crippen molar-refractivity contribution in [1.82, 2.24) is 15.3 Å². The van der Waals surface area contributed by atoms with Gasteiger partial charge in [-0.1, -0.05) is 6.92 Å². The maximum Gasteiger partial charge on any atom is 0.259 e. The van der Waals surface area contributed by atoms with Crippen molar-refractivity contribution in [3.63, 3.8) is 0 Å². The molecule has 0 saturated carbocycles. The van der Waals surface area contributed by atoms with E-state index < -0.39 is 0 Å². The molecule has 0 saturated heterocycles. The predicted octanol–water partition coefficient (Wildman–Crippen LogP) is 2.75.